The Kier molecular flexibility index (Phi) is 6.90. The number of para-hydroxylation sites is 1. The lowest BCUT2D eigenvalue weighted by molar-refractivity contribution is -0.123. The zero-order valence-electron chi connectivity index (χ0n) is 15.6. The SMILES string of the molecule is NC(=O)[C@@H]1CCCN(Cc2ccc(NC(=O)COc3ccccc3Cl)cc2)C1. The average Bonchev–Trinajstić information content (AvgIpc) is 2.69. The molecule has 0 spiro atoms. The Bertz CT molecular complexity index is 826. The van der Waals surface area contributed by atoms with Gasteiger partial charge in [0.2, 0.25) is 5.91 Å². The zero-order valence-corrected chi connectivity index (χ0v) is 16.3. The number of hydrogen-bond donors (Lipinski definition) is 2. The lowest BCUT2D eigenvalue weighted by Crippen LogP contribution is -2.40. The van der Waals surface area contributed by atoms with Crippen LogP contribution in [0.25, 0.3) is 0 Å². The molecule has 1 fully saturated rings. The summed E-state index contributed by atoms with van der Waals surface area (Å²) >= 11 is 6.01. The van der Waals surface area contributed by atoms with Crippen molar-refractivity contribution in [3.63, 3.8) is 0 Å². The van der Waals surface area contributed by atoms with Crippen molar-refractivity contribution in [1.29, 1.82) is 0 Å². The smallest absolute Gasteiger partial charge is 0.262 e. The second-order valence-electron chi connectivity index (χ2n) is 6.94. The predicted molar refractivity (Wildman–Crippen MR) is 109 cm³/mol. The summed E-state index contributed by atoms with van der Waals surface area (Å²) in [5.74, 6) is -0.0642. The van der Waals surface area contributed by atoms with Gasteiger partial charge >= 0.3 is 0 Å². The number of benzene rings is 2. The average molecular weight is 402 g/mol. The lowest BCUT2D eigenvalue weighted by Gasteiger charge is -2.31. The molecule has 1 heterocycles. The summed E-state index contributed by atoms with van der Waals surface area (Å²) in [6, 6.07) is 14.7. The molecule has 7 heteroatoms. The van der Waals surface area contributed by atoms with E-state index in [0.717, 1.165) is 31.5 Å². The monoisotopic (exact) mass is 401 g/mol. The van der Waals surface area contributed by atoms with E-state index in [1.54, 1.807) is 24.3 Å². The molecule has 3 N–H and O–H groups in total. The van der Waals surface area contributed by atoms with Crippen molar-refractivity contribution < 1.29 is 14.3 Å². The molecule has 0 radical (unpaired) electrons. The van der Waals surface area contributed by atoms with Gasteiger partial charge in [-0.2, -0.15) is 0 Å². The number of hydrogen-bond acceptors (Lipinski definition) is 4. The van der Waals surface area contributed by atoms with E-state index in [2.05, 4.69) is 10.2 Å². The molecular formula is C21H24ClN3O3. The summed E-state index contributed by atoms with van der Waals surface area (Å²) in [6.45, 7) is 2.30. The summed E-state index contributed by atoms with van der Waals surface area (Å²) < 4.78 is 5.44. The molecule has 1 atom stereocenters. The van der Waals surface area contributed by atoms with E-state index in [4.69, 9.17) is 22.1 Å². The lowest BCUT2D eigenvalue weighted by atomic mass is 9.97. The van der Waals surface area contributed by atoms with Crippen molar-refractivity contribution in [3.05, 3.63) is 59.1 Å². The number of likely N-dealkylation sites (tertiary alicyclic amines) is 1. The molecule has 2 amide bonds. The van der Waals surface area contributed by atoms with Gasteiger partial charge in [-0.1, -0.05) is 35.9 Å². The molecule has 2 aromatic carbocycles. The number of primary amides is 1. The predicted octanol–water partition coefficient (Wildman–Crippen LogP) is 3.05. The minimum atomic E-state index is -0.256. The summed E-state index contributed by atoms with van der Waals surface area (Å²) in [7, 11) is 0. The van der Waals surface area contributed by atoms with Crippen LogP contribution in [0.5, 0.6) is 5.75 Å². The molecule has 0 unspecified atom stereocenters. The number of piperidine rings is 1. The molecule has 2 aromatic rings. The highest BCUT2D eigenvalue weighted by Crippen LogP contribution is 2.23. The highest BCUT2D eigenvalue weighted by atomic mass is 35.5. The maximum atomic E-state index is 12.1. The van der Waals surface area contributed by atoms with Crippen LogP contribution < -0.4 is 15.8 Å². The number of anilines is 1. The maximum absolute atomic E-state index is 12.1. The van der Waals surface area contributed by atoms with Gasteiger partial charge in [0.1, 0.15) is 5.75 Å². The Morgan fingerprint density at radius 2 is 1.93 bits per heavy atom. The molecule has 148 valence electrons. The second kappa shape index (κ2) is 9.57. The number of amides is 2. The first-order valence-electron chi connectivity index (χ1n) is 9.29. The number of carbonyl (C=O) groups is 2. The van der Waals surface area contributed by atoms with E-state index in [9.17, 15) is 9.59 Å². The summed E-state index contributed by atoms with van der Waals surface area (Å²) in [4.78, 5) is 25.7. The van der Waals surface area contributed by atoms with Crippen molar-refractivity contribution in [1.82, 2.24) is 4.90 Å². The molecular weight excluding hydrogens is 378 g/mol. The van der Waals surface area contributed by atoms with Crippen LogP contribution in [0.4, 0.5) is 5.69 Å². The van der Waals surface area contributed by atoms with Crippen LogP contribution in [0.3, 0.4) is 0 Å². The molecule has 0 aromatic heterocycles. The van der Waals surface area contributed by atoms with E-state index in [1.807, 2.05) is 24.3 Å². The Morgan fingerprint density at radius 1 is 1.18 bits per heavy atom. The van der Waals surface area contributed by atoms with Crippen LogP contribution >= 0.6 is 11.6 Å². The Labute approximate surface area is 169 Å². The number of ether oxygens (including phenoxy) is 1. The number of nitrogens with one attached hydrogen (secondary N) is 1. The number of rotatable bonds is 7. The molecule has 28 heavy (non-hydrogen) atoms. The first-order chi connectivity index (χ1) is 13.5. The van der Waals surface area contributed by atoms with Crippen molar-refractivity contribution >= 4 is 29.1 Å². The summed E-state index contributed by atoms with van der Waals surface area (Å²) in [6.07, 6.45) is 1.85. The fraction of sp³-hybridized carbons (Fsp3) is 0.333. The summed E-state index contributed by atoms with van der Waals surface area (Å²) in [5.41, 5.74) is 7.26. The van der Waals surface area contributed by atoms with E-state index >= 15 is 0 Å². The Morgan fingerprint density at radius 3 is 2.64 bits per heavy atom. The van der Waals surface area contributed by atoms with E-state index in [1.165, 1.54) is 0 Å². The highest BCUT2D eigenvalue weighted by molar-refractivity contribution is 6.32. The quantitative estimate of drug-likeness (QED) is 0.746. The molecule has 1 saturated heterocycles. The Balaban J connectivity index is 1.48. The van der Waals surface area contributed by atoms with Crippen molar-refractivity contribution in [3.8, 4) is 5.75 Å². The minimum Gasteiger partial charge on any atom is -0.482 e. The van der Waals surface area contributed by atoms with E-state index < -0.39 is 0 Å². The zero-order chi connectivity index (χ0) is 19.9. The van der Waals surface area contributed by atoms with Gasteiger partial charge in [0, 0.05) is 18.8 Å². The summed E-state index contributed by atoms with van der Waals surface area (Å²) in [5, 5.41) is 3.27. The van der Waals surface area contributed by atoms with E-state index in [-0.39, 0.29) is 24.3 Å². The van der Waals surface area contributed by atoms with Gasteiger partial charge in [-0.15, -0.1) is 0 Å². The minimum absolute atomic E-state index is 0.0644. The molecule has 0 saturated carbocycles. The maximum Gasteiger partial charge on any atom is 0.262 e. The van der Waals surface area contributed by atoms with Crippen LogP contribution in [0.2, 0.25) is 5.02 Å². The van der Waals surface area contributed by atoms with E-state index in [0.29, 0.717) is 23.0 Å². The molecule has 6 nitrogen and oxygen atoms in total. The van der Waals surface area contributed by atoms with Gasteiger partial charge in [-0.25, -0.2) is 0 Å². The fourth-order valence-corrected chi connectivity index (χ4v) is 3.48. The number of nitrogens with zero attached hydrogens (tertiary/aromatic N) is 1. The number of carbonyl (C=O) groups excluding carboxylic acids is 2. The molecule has 3 rings (SSSR count). The van der Waals surface area contributed by atoms with Gasteiger partial charge in [-0.3, -0.25) is 14.5 Å². The molecule has 0 aliphatic carbocycles. The van der Waals surface area contributed by atoms with Crippen molar-refractivity contribution in [2.45, 2.75) is 19.4 Å². The third-order valence-electron chi connectivity index (χ3n) is 4.75. The topological polar surface area (TPSA) is 84.7 Å². The van der Waals surface area contributed by atoms with Crippen LogP contribution in [0.1, 0.15) is 18.4 Å². The number of nitrogens with two attached hydrogens (primary N) is 1. The largest absolute Gasteiger partial charge is 0.482 e. The van der Waals surface area contributed by atoms with Gasteiger partial charge < -0.3 is 15.8 Å². The standard InChI is InChI=1S/C21H24ClN3O3/c22-18-5-1-2-6-19(18)28-14-20(26)24-17-9-7-15(8-10-17)12-25-11-3-4-16(13-25)21(23)27/h1-2,5-10,16H,3-4,11-14H2,(H2,23,27)(H,24,26)/t16-/m1/s1. The first kappa shape index (κ1) is 20.2. The van der Waals surface area contributed by atoms with Gasteiger partial charge in [0.25, 0.3) is 5.91 Å². The normalized spacial score (nSPS) is 17.1. The molecule has 1 aliphatic rings. The number of halogens is 1. The third-order valence-corrected chi connectivity index (χ3v) is 5.06. The second-order valence-corrected chi connectivity index (χ2v) is 7.35. The molecule has 0 bridgehead atoms. The van der Waals surface area contributed by atoms with Crippen molar-refractivity contribution in [2.75, 3.05) is 25.0 Å². The van der Waals surface area contributed by atoms with Crippen LogP contribution in [0, 0.1) is 5.92 Å². The van der Waals surface area contributed by atoms with Crippen molar-refractivity contribution in [2.24, 2.45) is 11.7 Å². The Hall–Kier alpha value is -2.57. The first-order valence-corrected chi connectivity index (χ1v) is 9.67. The highest BCUT2D eigenvalue weighted by Gasteiger charge is 2.23. The van der Waals surface area contributed by atoms with Crippen LogP contribution in [-0.2, 0) is 16.1 Å². The molecule has 1 aliphatic heterocycles. The van der Waals surface area contributed by atoms with Gasteiger partial charge in [-0.05, 0) is 49.2 Å². The third kappa shape index (κ3) is 5.71. The van der Waals surface area contributed by atoms with Gasteiger partial charge in [0.05, 0.1) is 10.9 Å². The van der Waals surface area contributed by atoms with Crippen LogP contribution in [-0.4, -0.2) is 36.4 Å². The fourth-order valence-electron chi connectivity index (χ4n) is 3.29. The van der Waals surface area contributed by atoms with Crippen LogP contribution in [0.15, 0.2) is 48.5 Å². The van der Waals surface area contributed by atoms with Gasteiger partial charge in [0.15, 0.2) is 6.61 Å².